The second-order valence-electron chi connectivity index (χ2n) is 4.21. The number of pyridine rings is 1. The second-order valence-corrected chi connectivity index (χ2v) is 4.60. The first-order valence-electron chi connectivity index (χ1n) is 6.04. The van der Waals surface area contributed by atoms with Gasteiger partial charge in [-0.3, -0.25) is 9.78 Å². The minimum Gasteiger partial charge on any atom is -0.480 e. The average molecular weight is 293 g/mol. The molecule has 2 rings (SSSR count). The second kappa shape index (κ2) is 5.98. The van der Waals surface area contributed by atoms with Gasteiger partial charge in [0, 0.05) is 18.3 Å². The molecule has 0 aliphatic carbocycles. The number of rotatable bonds is 4. The number of aliphatic hydroxyl groups excluding tert-OH is 1. The molecule has 0 fully saturated rings. The van der Waals surface area contributed by atoms with E-state index < -0.39 is 0 Å². The fraction of sp³-hybridized carbons (Fsp3) is 0.308. The first-order valence-corrected chi connectivity index (χ1v) is 6.44. The Morgan fingerprint density at radius 3 is 2.90 bits per heavy atom. The first-order chi connectivity index (χ1) is 9.56. The number of ether oxygens (including phenoxy) is 1. The maximum Gasteiger partial charge on any atom is 0.252 e. The van der Waals surface area contributed by atoms with E-state index in [1.165, 1.54) is 13.2 Å². The van der Waals surface area contributed by atoms with E-state index in [1.54, 1.807) is 4.57 Å². The normalized spacial score (nSPS) is 10.6. The van der Waals surface area contributed by atoms with Gasteiger partial charge in [-0.05, 0) is 31.3 Å². The molecule has 7 heteroatoms. The SMILES string of the molecule is COc1nc(C)ccc1-c1cc(=O)[nH]c(=S)n1CCO. The highest BCUT2D eigenvalue weighted by atomic mass is 32.1. The molecular formula is C13H15N3O3S. The minimum absolute atomic E-state index is 0.0883. The molecule has 2 aromatic rings. The number of methoxy groups -OCH3 is 1. The van der Waals surface area contributed by atoms with Gasteiger partial charge in [-0.2, -0.15) is 0 Å². The quantitative estimate of drug-likeness (QED) is 0.830. The summed E-state index contributed by atoms with van der Waals surface area (Å²) in [4.78, 5) is 18.5. The van der Waals surface area contributed by atoms with Crippen LogP contribution in [-0.4, -0.2) is 33.4 Å². The lowest BCUT2D eigenvalue weighted by Crippen LogP contribution is -2.16. The molecule has 0 atom stereocenters. The van der Waals surface area contributed by atoms with Crippen molar-refractivity contribution in [2.75, 3.05) is 13.7 Å². The van der Waals surface area contributed by atoms with Crippen LogP contribution in [0.3, 0.4) is 0 Å². The molecule has 0 saturated heterocycles. The summed E-state index contributed by atoms with van der Waals surface area (Å²) in [6.45, 7) is 2.04. The number of hydrogen-bond donors (Lipinski definition) is 2. The first kappa shape index (κ1) is 14.4. The van der Waals surface area contributed by atoms with Crippen LogP contribution in [-0.2, 0) is 6.54 Å². The Morgan fingerprint density at radius 2 is 2.25 bits per heavy atom. The molecule has 0 saturated carbocycles. The van der Waals surface area contributed by atoms with Gasteiger partial charge in [-0.25, -0.2) is 4.98 Å². The van der Waals surface area contributed by atoms with Crippen LogP contribution in [0.25, 0.3) is 11.3 Å². The molecular weight excluding hydrogens is 278 g/mol. The fourth-order valence-electron chi connectivity index (χ4n) is 1.95. The Morgan fingerprint density at radius 1 is 1.50 bits per heavy atom. The number of aryl methyl sites for hydroxylation is 1. The van der Waals surface area contributed by atoms with Crippen molar-refractivity contribution < 1.29 is 9.84 Å². The highest BCUT2D eigenvalue weighted by Gasteiger charge is 2.13. The predicted molar refractivity (Wildman–Crippen MR) is 77.5 cm³/mol. The van der Waals surface area contributed by atoms with Crippen molar-refractivity contribution >= 4 is 12.2 Å². The van der Waals surface area contributed by atoms with Crippen LogP contribution >= 0.6 is 12.2 Å². The number of H-pyrrole nitrogens is 1. The molecule has 0 aromatic carbocycles. The lowest BCUT2D eigenvalue weighted by atomic mass is 10.1. The molecule has 106 valence electrons. The van der Waals surface area contributed by atoms with Gasteiger partial charge in [0.2, 0.25) is 5.88 Å². The van der Waals surface area contributed by atoms with Crippen molar-refractivity contribution in [3.05, 3.63) is 39.0 Å². The summed E-state index contributed by atoms with van der Waals surface area (Å²) in [6.07, 6.45) is 0. The summed E-state index contributed by atoms with van der Waals surface area (Å²) in [5.74, 6) is 0.414. The van der Waals surface area contributed by atoms with E-state index in [2.05, 4.69) is 9.97 Å². The lowest BCUT2D eigenvalue weighted by molar-refractivity contribution is 0.275. The molecule has 20 heavy (non-hydrogen) atoms. The Hall–Kier alpha value is -1.99. The standard InChI is InChI=1S/C13H15N3O3S/c1-8-3-4-9(12(14-8)19-2)10-7-11(18)15-13(20)16(10)5-6-17/h3-4,7,17H,5-6H2,1-2H3,(H,15,18,20). The summed E-state index contributed by atoms with van der Waals surface area (Å²) in [6, 6.07) is 5.06. The molecule has 2 heterocycles. The highest BCUT2D eigenvalue weighted by molar-refractivity contribution is 7.71. The molecule has 0 bridgehead atoms. The molecule has 0 amide bonds. The molecule has 0 radical (unpaired) electrons. The molecule has 6 nitrogen and oxygen atoms in total. The number of aromatic amines is 1. The van der Waals surface area contributed by atoms with Crippen molar-refractivity contribution in [2.24, 2.45) is 0 Å². The third-order valence-corrected chi connectivity index (χ3v) is 3.15. The van der Waals surface area contributed by atoms with Crippen molar-refractivity contribution in [2.45, 2.75) is 13.5 Å². The molecule has 0 spiro atoms. The predicted octanol–water partition coefficient (Wildman–Crippen LogP) is 1.28. The van der Waals surface area contributed by atoms with Crippen molar-refractivity contribution in [3.8, 4) is 17.1 Å². The van der Waals surface area contributed by atoms with E-state index in [4.69, 9.17) is 22.1 Å². The smallest absolute Gasteiger partial charge is 0.252 e. The number of hydrogen-bond acceptors (Lipinski definition) is 5. The third-order valence-electron chi connectivity index (χ3n) is 2.83. The van der Waals surface area contributed by atoms with E-state index in [-0.39, 0.29) is 23.5 Å². The fourth-order valence-corrected chi connectivity index (χ4v) is 2.24. The van der Waals surface area contributed by atoms with E-state index in [0.29, 0.717) is 17.1 Å². The van der Waals surface area contributed by atoms with Gasteiger partial charge < -0.3 is 14.4 Å². The van der Waals surface area contributed by atoms with Crippen LogP contribution in [0.4, 0.5) is 0 Å². The number of nitrogens with one attached hydrogen (secondary N) is 1. The molecule has 2 aromatic heterocycles. The monoisotopic (exact) mass is 293 g/mol. The maximum atomic E-state index is 11.6. The summed E-state index contributed by atoms with van der Waals surface area (Å²) < 4.78 is 7.16. The van der Waals surface area contributed by atoms with E-state index in [0.717, 1.165) is 5.69 Å². The maximum absolute atomic E-state index is 11.6. The summed E-state index contributed by atoms with van der Waals surface area (Å²) in [5, 5.41) is 9.15. The Bertz CT molecular complexity index is 736. The van der Waals surface area contributed by atoms with E-state index >= 15 is 0 Å². The molecule has 0 aliphatic rings. The van der Waals surface area contributed by atoms with Gasteiger partial charge in [0.25, 0.3) is 5.56 Å². The van der Waals surface area contributed by atoms with Crippen LogP contribution < -0.4 is 10.3 Å². The number of aliphatic hydroxyl groups is 1. The van der Waals surface area contributed by atoms with Crippen LogP contribution in [0.2, 0.25) is 0 Å². The zero-order chi connectivity index (χ0) is 14.7. The molecule has 0 aliphatic heterocycles. The van der Waals surface area contributed by atoms with Gasteiger partial charge in [0.05, 0.1) is 25.0 Å². The zero-order valence-corrected chi connectivity index (χ0v) is 12.0. The molecule has 0 unspecified atom stereocenters. The van der Waals surface area contributed by atoms with Gasteiger partial charge in [-0.15, -0.1) is 0 Å². The third kappa shape index (κ3) is 2.78. The van der Waals surface area contributed by atoms with Crippen molar-refractivity contribution in [1.29, 1.82) is 0 Å². The van der Waals surface area contributed by atoms with Crippen LogP contribution in [0.5, 0.6) is 5.88 Å². The Balaban J connectivity index is 2.74. The summed E-state index contributed by atoms with van der Waals surface area (Å²) in [5.41, 5.74) is 1.73. The zero-order valence-electron chi connectivity index (χ0n) is 11.2. The summed E-state index contributed by atoms with van der Waals surface area (Å²) in [7, 11) is 1.52. The number of aromatic nitrogens is 3. The Kier molecular flexibility index (Phi) is 4.31. The largest absolute Gasteiger partial charge is 0.480 e. The lowest BCUT2D eigenvalue weighted by Gasteiger charge is -2.14. The minimum atomic E-state index is -0.304. The Labute approximate surface area is 120 Å². The van der Waals surface area contributed by atoms with Crippen LogP contribution in [0.15, 0.2) is 23.0 Å². The molecule has 2 N–H and O–H groups in total. The van der Waals surface area contributed by atoms with Gasteiger partial charge in [0.1, 0.15) is 0 Å². The van der Waals surface area contributed by atoms with Crippen LogP contribution in [0, 0.1) is 11.7 Å². The van der Waals surface area contributed by atoms with E-state index in [9.17, 15) is 4.79 Å². The number of nitrogens with zero attached hydrogens (tertiary/aromatic N) is 2. The van der Waals surface area contributed by atoms with Gasteiger partial charge >= 0.3 is 0 Å². The highest BCUT2D eigenvalue weighted by Crippen LogP contribution is 2.27. The van der Waals surface area contributed by atoms with Gasteiger partial charge in [0.15, 0.2) is 4.77 Å². The van der Waals surface area contributed by atoms with Gasteiger partial charge in [-0.1, -0.05) is 0 Å². The van der Waals surface area contributed by atoms with Crippen molar-refractivity contribution in [3.63, 3.8) is 0 Å². The van der Waals surface area contributed by atoms with Crippen molar-refractivity contribution in [1.82, 2.24) is 14.5 Å². The summed E-state index contributed by atoms with van der Waals surface area (Å²) >= 11 is 5.13. The topological polar surface area (TPSA) is 80.1 Å². The van der Waals surface area contributed by atoms with E-state index in [1.807, 2.05) is 19.1 Å². The average Bonchev–Trinajstić information content (AvgIpc) is 2.41. The van der Waals surface area contributed by atoms with Crippen LogP contribution in [0.1, 0.15) is 5.69 Å².